The van der Waals surface area contributed by atoms with E-state index in [1.807, 2.05) is 46.9 Å². The highest BCUT2D eigenvalue weighted by Crippen LogP contribution is 2.39. The van der Waals surface area contributed by atoms with E-state index < -0.39 is 0 Å². The number of thioether (sulfide) groups is 1. The first-order chi connectivity index (χ1) is 13.2. The van der Waals surface area contributed by atoms with E-state index in [1.165, 1.54) is 10.4 Å². The van der Waals surface area contributed by atoms with Crippen molar-refractivity contribution in [1.82, 2.24) is 4.57 Å². The van der Waals surface area contributed by atoms with Crippen LogP contribution in [0, 0.1) is 0 Å². The fourth-order valence-electron chi connectivity index (χ4n) is 3.20. The average molecular weight is 401 g/mol. The SMILES string of the molecule is COc1ccc(OC)c(NC(=O)c2c(-n3cccc3)sc3c2CCSC3)c1. The molecule has 2 aromatic heterocycles. The highest BCUT2D eigenvalue weighted by atomic mass is 32.2. The molecule has 1 aliphatic rings. The second-order valence-electron chi connectivity index (χ2n) is 6.10. The number of carbonyl (C=O) groups excluding carboxylic acids is 1. The maximum absolute atomic E-state index is 13.3. The van der Waals surface area contributed by atoms with Gasteiger partial charge >= 0.3 is 0 Å². The van der Waals surface area contributed by atoms with Crippen LogP contribution in [0.5, 0.6) is 11.5 Å². The molecule has 1 aliphatic heterocycles. The lowest BCUT2D eigenvalue weighted by atomic mass is 10.1. The number of thiophene rings is 1. The summed E-state index contributed by atoms with van der Waals surface area (Å²) in [5.74, 6) is 3.16. The third-order valence-electron chi connectivity index (χ3n) is 4.52. The van der Waals surface area contributed by atoms with E-state index in [4.69, 9.17) is 9.47 Å². The molecule has 0 unspecified atom stereocenters. The molecule has 0 radical (unpaired) electrons. The summed E-state index contributed by atoms with van der Waals surface area (Å²) in [5, 5.41) is 4.00. The molecule has 0 saturated heterocycles. The fourth-order valence-corrected chi connectivity index (χ4v) is 5.64. The zero-order valence-corrected chi connectivity index (χ0v) is 16.8. The predicted octanol–water partition coefficient (Wildman–Crippen LogP) is 4.60. The summed E-state index contributed by atoms with van der Waals surface area (Å²) in [7, 11) is 3.19. The molecule has 0 atom stereocenters. The van der Waals surface area contributed by atoms with E-state index in [0.29, 0.717) is 17.2 Å². The zero-order valence-electron chi connectivity index (χ0n) is 15.2. The van der Waals surface area contributed by atoms with Crippen LogP contribution in [-0.2, 0) is 12.2 Å². The largest absolute Gasteiger partial charge is 0.497 e. The number of methoxy groups -OCH3 is 2. The van der Waals surface area contributed by atoms with Crippen molar-refractivity contribution in [2.45, 2.75) is 12.2 Å². The summed E-state index contributed by atoms with van der Waals surface area (Å²) < 4.78 is 12.7. The van der Waals surface area contributed by atoms with Crippen LogP contribution in [0.3, 0.4) is 0 Å². The maximum atomic E-state index is 13.3. The van der Waals surface area contributed by atoms with Gasteiger partial charge in [-0.2, -0.15) is 11.8 Å². The molecule has 27 heavy (non-hydrogen) atoms. The van der Waals surface area contributed by atoms with E-state index in [2.05, 4.69) is 5.32 Å². The van der Waals surface area contributed by atoms with Gasteiger partial charge in [0.05, 0.1) is 25.5 Å². The Morgan fingerprint density at radius 2 is 2.00 bits per heavy atom. The van der Waals surface area contributed by atoms with Gasteiger partial charge in [-0.1, -0.05) is 0 Å². The fraction of sp³-hybridized carbons (Fsp3) is 0.250. The van der Waals surface area contributed by atoms with Crippen LogP contribution in [0.15, 0.2) is 42.7 Å². The number of carbonyl (C=O) groups is 1. The summed E-state index contributed by atoms with van der Waals surface area (Å²) in [5.41, 5.74) is 2.53. The first-order valence-electron chi connectivity index (χ1n) is 8.60. The van der Waals surface area contributed by atoms with Crippen LogP contribution < -0.4 is 14.8 Å². The first-order valence-corrected chi connectivity index (χ1v) is 10.6. The van der Waals surface area contributed by atoms with E-state index in [9.17, 15) is 4.79 Å². The number of nitrogens with one attached hydrogen (secondary N) is 1. The van der Waals surface area contributed by atoms with Crippen molar-refractivity contribution in [3.8, 4) is 16.5 Å². The molecule has 1 amide bonds. The Morgan fingerprint density at radius 3 is 2.74 bits per heavy atom. The van der Waals surface area contributed by atoms with Crippen LogP contribution in [0.2, 0.25) is 0 Å². The van der Waals surface area contributed by atoms with Crippen LogP contribution in [0.25, 0.3) is 5.00 Å². The van der Waals surface area contributed by atoms with Gasteiger partial charge in [-0.25, -0.2) is 0 Å². The van der Waals surface area contributed by atoms with Gasteiger partial charge in [-0.3, -0.25) is 4.79 Å². The van der Waals surface area contributed by atoms with Crippen molar-refractivity contribution in [3.05, 3.63) is 58.7 Å². The summed E-state index contributed by atoms with van der Waals surface area (Å²) in [6.07, 6.45) is 4.87. The van der Waals surface area contributed by atoms with Gasteiger partial charge in [0.25, 0.3) is 5.91 Å². The molecule has 7 heteroatoms. The minimum atomic E-state index is -0.116. The number of rotatable bonds is 5. The Morgan fingerprint density at radius 1 is 1.19 bits per heavy atom. The number of benzene rings is 1. The van der Waals surface area contributed by atoms with E-state index in [1.54, 1.807) is 37.7 Å². The molecule has 4 rings (SSSR count). The summed E-state index contributed by atoms with van der Waals surface area (Å²) >= 11 is 3.62. The lowest BCUT2D eigenvalue weighted by molar-refractivity contribution is 0.102. The number of hydrogen-bond acceptors (Lipinski definition) is 5. The third-order valence-corrected chi connectivity index (χ3v) is 6.94. The number of amides is 1. The van der Waals surface area contributed by atoms with Gasteiger partial charge in [0.2, 0.25) is 0 Å². The monoisotopic (exact) mass is 400 g/mol. The molecular formula is C20H20N2O3S2. The number of ether oxygens (including phenoxy) is 2. The van der Waals surface area contributed by atoms with Crippen LogP contribution in [0.4, 0.5) is 5.69 Å². The Bertz CT molecular complexity index is 964. The predicted molar refractivity (Wildman–Crippen MR) is 111 cm³/mol. The molecule has 5 nitrogen and oxygen atoms in total. The molecule has 140 valence electrons. The number of aromatic nitrogens is 1. The lowest BCUT2D eigenvalue weighted by Crippen LogP contribution is -2.17. The first kappa shape index (κ1) is 18.0. The molecule has 3 aromatic rings. The Kier molecular flexibility index (Phi) is 5.13. The molecule has 0 spiro atoms. The van der Waals surface area contributed by atoms with Crippen molar-refractivity contribution in [2.24, 2.45) is 0 Å². The van der Waals surface area contributed by atoms with Crippen molar-refractivity contribution in [2.75, 3.05) is 25.3 Å². The molecule has 0 saturated carbocycles. The van der Waals surface area contributed by atoms with E-state index in [-0.39, 0.29) is 5.91 Å². The number of fused-ring (bicyclic) bond motifs is 1. The molecule has 0 aliphatic carbocycles. The second kappa shape index (κ2) is 7.70. The van der Waals surface area contributed by atoms with Gasteiger partial charge in [0, 0.05) is 29.1 Å². The van der Waals surface area contributed by atoms with Crippen molar-refractivity contribution < 1.29 is 14.3 Å². The highest BCUT2D eigenvalue weighted by molar-refractivity contribution is 7.98. The summed E-state index contributed by atoms with van der Waals surface area (Å²) in [6.45, 7) is 0. The molecule has 0 bridgehead atoms. The van der Waals surface area contributed by atoms with Crippen LogP contribution >= 0.6 is 23.1 Å². The molecule has 1 N–H and O–H groups in total. The Hall–Kier alpha value is -2.38. The van der Waals surface area contributed by atoms with Gasteiger partial charge in [0.15, 0.2) is 0 Å². The summed E-state index contributed by atoms with van der Waals surface area (Å²) in [4.78, 5) is 14.6. The van der Waals surface area contributed by atoms with Crippen LogP contribution in [-0.4, -0.2) is 30.4 Å². The Balaban J connectivity index is 1.75. The molecule has 1 aromatic carbocycles. The van der Waals surface area contributed by atoms with Gasteiger partial charge in [-0.05, 0) is 42.0 Å². The minimum Gasteiger partial charge on any atom is -0.497 e. The Labute approximate surface area is 166 Å². The lowest BCUT2D eigenvalue weighted by Gasteiger charge is -2.15. The normalized spacial score (nSPS) is 13.1. The summed E-state index contributed by atoms with van der Waals surface area (Å²) in [6, 6.07) is 9.33. The zero-order chi connectivity index (χ0) is 18.8. The topological polar surface area (TPSA) is 52.5 Å². The van der Waals surface area contributed by atoms with E-state index >= 15 is 0 Å². The smallest absolute Gasteiger partial charge is 0.259 e. The third kappa shape index (κ3) is 3.44. The van der Waals surface area contributed by atoms with Crippen molar-refractivity contribution in [1.29, 1.82) is 0 Å². The molecule has 0 fully saturated rings. The molecule has 3 heterocycles. The standard InChI is InChI=1S/C20H20N2O3S2/c1-24-13-5-6-16(25-2)15(11-13)21-19(23)18-14-7-10-26-12-17(14)27-20(18)22-8-3-4-9-22/h3-6,8-9,11H,7,10,12H2,1-2H3,(H,21,23). The molecular weight excluding hydrogens is 380 g/mol. The quantitative estimate of drug-likeness (QED) is 0.680. The average Bonchev–Trinajstić information content (AvgIpc) is 3.35. The van der Waals surface area contributed by atoms with Crippen LogP contribution in [0.1, 0.15) is 20.8 Å². The van der Waals surface area contributed by atoms with Crippen molar-refractivity contribution in [3.63, 3.8) is 0 Å². The highest BCUT2D eigenvalue weighted by Gasteiger charge is 2.27. The van der Waals surface area contributed by atoms with Crippen molar-refractivity contribution >= 4 is 34.7 Å². The van der Waals surface area contributed by atoms with Gasteiger partial charge in [0.1, 0.15) is 16.5 Å². The number of anilines is 1. The minimum absolute atomic E-state index is 0.116. The van der Waals surface area contributed by atoms with Gasteiger partial charge in [-0.15, -0.1) is 11.3 Å². The van der Waals surface area contributed by atoms with E-state index in [0.717, 1.165) is 28.5 Å². The van der Waals surface area contributed by atoms with Gasteiger partial charge < -0.3 is 19.4 Å². The maximum Gasteiger partial charge on any atom is 0.259 e. The number of nitrogens with zero attached hydrogens (tertiary/aromatic N) is 1. The second-order valence-corrected chi connectivity index (χ2v) is 8.29. The number of hydrogen-bond donors (Lipinski definition) is 1.